The molecule has 0 spiro atoms. The lowest BCUT2D eigenvalue weighted by Crippen LogP contribution is -2.31. The Hall–Kier alpha value is -1.07. The molecular formula is C13H18F3NO. The number of nitrogens with one attached hydrogen (secondary N) is 1. The van der Waals surface area contributed by atoms with Crippen LogP contribution in [0.5, 0.6) is 0 Å². The second-order valence-corrected chi connectivity index (χ2v) is 4.25. The predicted octanol–water partition coefficient (Wildman–Crippen LogP) is 2.87. The molecule has 1 atom stereocenters. The van der Waals surface area contributed by atoms with Gasteiger partial charge in [-0.3, -0.25) is 0 Å². The number of halogens is 3. The zero-order chi connectivity index (χ0) is 13.6. The summed E-state index contributed by atoms with van der Waals surface area (Å²) in [5, 5.41) is 3.18. The average molecular weight is 261 g/mol. The van der Waals surface area contributed by atoms with Crippen molar-refractivity contribution in [3.63, 3.8) is 0 Å². The van der Waals surface area contributed by atoms with Gasteiger partial charge < -0.3 is 10.1 Å². The Bertz CT molecular complexity index is 365. The Balaban J connectivity index is 2.57. The van der Waals surface area contributed by atoms with Crippen LogP contribution in [-0.4, -0.2) is 26.3 Å². The smallest absolute Gasteiger partial charge is 0.383 e. The molecule has 102 valence electrons. The zero-order valence-electron chi connectivity index (χ0n) is 10.6. The number of hydrogen-bond acceptors (Lipinski definition) is 2. The van der Waals surface area contributed by atoms with Crippen molar-refractivity contribution in [1.82, 2.24) is 5.32 Å². The summed E-state index contributed by atoms with van der Waals surface area (Å²) in [5.74, 6) is 0. The third kappa shape index (κ3) is 5.06. The Morgan fingerprint density at radius 3 is 2.67 bits per heavy atom. The third-order valence-electron chi connectivity index (χ3n) is 2.60. The minimum atomic E-state index is -4.28. The first-order chi connectivity index (χ1) is 8.43. The Labute approximate surface area is 105 Å². The van der Waals surface area contributed by atoms with Gasteiger partial charge in [0.1, 0.15) is 0 Å². The van der Waals surface area contributed by atoms with E-state index >= 15 is 0 Å². The minimum absolute atomic E-state index is 0.114. The van der Waals surface area contributed by atoms with E-state index in [1.807, 2.05) is 6.92 Å². The van der Waals surface area contributed by atoms with Gasteiger partial charge in [-0.05, 0) is 25.0 Å². The van der Waals surface area contributed by atoms with Gasteiger partial charge in [0.15, 0.2) is 0 Å². The van der Waals surface area contributed by atoms with Crippen LogP contribution in [-0.2, 0) is 17.3 Å². The van der Waals surface area contributed by atoms with Crippen molar-refractivity contribution in [3.05, 3.63) is 35.4 Å². The number of alkyl halides is 3. The summed E-state index contributed by atoms with van der Waals surface area (Å²) in [6.45, 7) is 3.22. The standard InChI is InChI=1S/C13H18F3NO/c1-10(17-6-7-18-2)8-11-4-3-5-12(9-11)13(14,15)16/h3-5,9-10,17H,6-8H2,1-2H3/t10-/m1/s1. The second kappa shape index (κ2) is 6.75. The topological polar surface area (TPSA) is 21.3 Å². The lowest BCUT2D eigenvalue weighted by molar-refractivity contribution is -0.137. The molecule has 1 rings (SSSR count). The van der Waals surface area contributed by atoms with Gasteiger partial charge in [-0.2, -0.15) is 13.2 Å². The summed E-state index contributed by atoms with van der Waals surface area (Å²) in [5.41, 5.74) is 0.0892. The van der Waals surface area contributed by atoms with Crippen LogP contribution in [0.15, 0.2) is 24.3 Å². The molecule has 0 aliphatic heterocycles. The monoisotopic (exact) mass is 261 g/mol. The maximum absolute atomic E-state index is 12.5. The number of hydrogen-bond donors (Lipinski definition) is 1. The van der Waals surface area contributed by atoms with Crippen LogP contribution in [0, 0.1) is 0 Å². The first kappa shape index (κ1) is 15.0. The maximum Gasteiger partial charge on any atom is 0.416 e. The van der Waals surface area contributed by atoms with Crippen molar-refractivity contribution in [2.45, 2.75) is 25.6 Å². The second-order valence-electron chi connectivity index (χ2n) is 4.25. The average Bonchev–Trinajstić information content (AvgIpc) is 2.28. The van der Waals surface area contributed by atoms with E-state index in [1.54, 1.807) is 13.2 Å². The van der Waals surface area contributed by atoms with E-state index in [-0.39, 0.29) is 6.04 Å². The van der Waals surface area contributed by atoms with E-state index in [0.29, 0.717) is 25.1 Å². The molecule has 0 saturated carbocycles. The van der Waals surface area contributed by atoms with Crippen LogP contribution in [0.1, 0.15) is 18.1 Å². The highest BCUT2D eigenvalue weighted by Crippen LogP contribution is 2.29. The van der Waals surface area contributed by atoms with E-state index in [2.05, 4.69) is 5.32 Å². The van der Waals surface area contributed by atoms with Gasteiger partial charge in [0, 0.05) is 19.7 Å². The molecule has 1 aromatic carbocycles. The molecule has 0 amide bonds. The molecule has 0 radical (unpaired) electrons. The molecule has 0 unspecified atom stereocenters. The Morgan fingerprint density at radius 2 is 2.06 bits per heavy atom. The molecule has 1 N–H and O–H groups in total. The quantitative estimate of drug-likeness (QED) is 0.795. The first-order valence-electron chi connectivity index (χ1n) is 5.82. The molecular weight excluding hydrogens is 243 g/mol. The molecule has 0 heterocycles. The van der Waals surface area contributed by atoms with Crippen LogP contribution in [0.4, 0.5) is 13.2 Å². The molecule has 0 aliphatic rings. The Morgan fingerprint density at radius 1 is 1.33 bits per heavy atom. The summed E-state index contributed by atoms with van der Waals surface area (Å²) >= 11 is 0. The molecule has 1 aromatic rings. The van der Waals surface area contributed by atoms with Crippen LogP contribution >= 0.6 is 0 Å². The SMILES string of the molecule is COCCN[C@H](C)Cc1cccc(C(F)(F)F)c1. The fourth-order valence-electron chi connectivity index (χ4n) is 1.71. The summed E-state index contributed by atoms with van der Waals surface area (Å²) in [6.07, 6.45) is -3.71. The van der Waals surface area contributed by atoms with E-state index in [0.717, 1.165) is 6.07 Å². The molecule has 2 nitrogen and oxygen atoms in total. The molecule has 0 saturated heterocycles. The van der Waals surface area contributed by atoms with Gasteiger partial charge in [-0.15, -0.1) is 0 Å². The maximum atomic E-state index is 12.5. The van der Waals surface area contributed by atoms with Crippen LogP contribution < -0.4 is 5.32 Å². The predicted molar refractivity (Wildman–Crippen MR) is 64.5 cm³/mol. The van der Waals surface area contributed by atoms with Gasteiger partial charge in [-0.1, -0.05) is 18.2 Å². The number of methoxy groups -OCH3 is 1. The molecule has 0 aliphatic carbocycles. The lowest BCUT2D eigenvalue weighted by Gasteiger charge is -2.14. The lowest BCUT2D eigenvalue weighted by atomic mass is 10.0. The number of ether oxygens (including phenoxy) is 1. The van der Waals surface area contributed by atoms with Crippen LogP contribution in [0.2, 0.25) is 0 Å². The summed E-state index contributed by atoms with van der Waals surface area (Å²) in [7, 11) is 1.61. The zero-order valence-corrected chi connectivity index (χ0v) is 10.6. The van der Waals surface area contributed by atoms with E-state index in [9.17, 15) is 13.2 Å². The molecule has 0 aromatic heterocycles. The van der Waals surface area contributed by atoms with Crippen molar-refractivity contribution in [3.8, 4) is 0 Å². The summed E-state index contributed by atoms with van der Waals surface area (Å²) in [4.78, 5) is 0. The van der Waals surface area contributed by atoms with Crippen molar-refractivity contribution < 1.29 is 17.9 Å². The van der Waals surface area contributed by atoms with Crippen molar-refractivity contribution in [1.29, 1.82) is 0 Å². The highest BCUT2D eigenvalue weighted by molar-refractivity contribution is 5.26. The highest BCUT2D eigenvalue weighted by Gasteiger charge is 2.30. The summed E-state index contributed by atoms with van der Waals surface area (Å²) < 4.78 is 42.5. The van der Waals surface area contributed by atoms with E-state index in [4.69, 9.17) is 4.74 Å². The molecule has 18 heavy (non-hydrogen) atoms. The number of benzene rings is 1. The number of rotatable bonds is 6. The summed E-state index contributed by atoms with van der Waals surface area (Å²) in [6, 6.07) is 5.56. The fraction of sp³-hybridized carbons (Fsp3) is 0.538. The van der Waals surface area contributed by atoms with Crippen LogP contribution in [0.25, 0.3) is 0 Å². The highest BCUT2D eigenvalue weighted by atomic mass is 19.4. The van der Waals surface area contributed by atoms with Crippen molar-refractivity contribution in [2.24, 2.45) is 0 Å². The normalized spacial score (nSPS) is 13.6. The first-order valence-corrected chi connectivity index (χ1v) is 5.82. The van der Waals surface area contributed by atoms with Crippen molar-refractivity contribution >= 4 is 0 Å². The molecule has 0 bridgehead atoms. The molecule has 0 fully saturated rings. The van der Waals surface area contributed by atoms with Crippen molar-refractivity contribution in [2.75, 3.05) is 20.3 Å². The molecule has 5 heteroatoms. The fourth-order valence-corrected chi connectivity index (χ4v) is 1.71. The van der Waals surface area contributed by atoms with Gasteiger partial charge in [0.25, 0.3) is 0 Å². The van der Waals surface area contributed by atoms with E-state index in [1.165, 1.54) is 12.1 Å². The van der Waals surface area contributed by atoms with Gasteiger partial charge in [0.2, 0.25) is 0 Å². The Kier molecular flexibility index (Phi) is 5.62. The van der Waals surface area contributed by atoms with Gasteiger partial charge in [0.05, 0.1) is 12.2 Å². The minimum Gasteiger partial charge on any atom is -0.383 e. The largest absolute Gasteiger partial charge is 0.416 e. The third-order valence-corrected chi connectivity index (χ3v) is 2.60. The van der Waals surface area contributed by atoms with E-state index < -0.39 is 11.7 Å². The van der Waals surface area contributed by atoms with Crippen LogP contribution in [0.3, 0.4) is 0 Å². The van der Waals surface area contributed by atoms with Gasteiger partial charge in [-0.25, -0.2) is 0 Å². The van der Waals surface area contributed by atoms with Gasteiger partial charge >= 0.3 is 6.18 Å².